The van der Waals surface area contributed by atoms with E-state index >= 15 is 0 Å². The Kier molecular flexibility index (Phi) is 2.87. The van der Waals surface area contributed by atoms with Crippen LogP contribution in [0, 0.1) is 10.1 Å². The molecule has 5 nitrogen and oxygen atoms in total. The Morgan fingerprint density at radius 3 is 2.70 bits per heavy atom. The molecular formula is C15H12N2O3. The van der Waals surface area contributed by atoms with Gasteiger partial charge in [-0.25, -0.2) is 0 Å². The highest BCUT2D eigenvalue weighted by molar-refractivity contribution is 5.88. The fourth-order valence-corrected chi connectivity index (χ4v) is 2.24. The van der Waals surface area contributed by atoms with E-state index in [1.54, 1.807) is 25.3 Å². The molecule has 0 fully saturated rings. The van der Waals surface area contributed by atoms with Gasteiger partial charge in [0.05, 0.1) is 23.3 Å². The van der Waals surface area contributed by atoms with E-state index in [-0.39, 0.29) is 10.6 Å². The van der Waals surface area contributed by atoms with Crippen molar-refractivity contribution in [1.29, 1.82) is 0 Å². The Bertz CT molecular complexity index is 793. The number of methoxy groups -OCH3 is 1. The number of para-hydroxylation sites is 1. The maximum atomic E-state index is 11.1. The molecule has 0 bridgehead atoms. The van der Waals surface area contributed by atoms with E-state index in [2.05, 4.69) is 4.98 Å². The molecule has 3 rings (SSSR count). The summed E-state index contributed by atoms with van der Waals surface area (Å²) < 4.78 is 5.18. The third kappa shape index (κ3) is 1.99. The summed E-state index contributed by atoms with van der Waals surface area (Å²) in [5.74, 6) is 0.755. The summed E-state index contributed by atoms with van der Waals surface area (Å²) in [6.45, 7) is 0. The first-order chi connectivity index (χ1) is 9.69. The van der Waals surface area contributed by atoms with Gasteiger partial charge in [-0.15, -0.1) is 0 Å². The second-order valence-corrected chi connectivity index (χ2v) is 4.41. The first-order valence-corrected chi connectivity index (χ1v) is 6.09. The van der Waals surface area contributed by atoms with Crippen LogP contribution in [0.25, 0.3) is 22.2 Å². The molecule has 0 radical (unpaired) electrons. The van der Waals surface area contributed by atoms with Gasteiger partial charge in [-0.1, -0.05) is 12.1 Å². The van der Waals surface area contributed by atoms with Gasteiger partial charge in [-0.05, 0) is 30.3 Å². The predicted molar refractivity (Wildman–Crippen MR) is 76.9 cm³/mol. The van der Waals surface area contributed by atoms with E-state index in [4.69, 9.17) is 4.74 Å². The van der Waals surface area contributed by atoms with Gasteiger partial charge in [0, 0.05) is 17.0 Å². The first-order valence-electron chi connectivity index (χ1n) is 6.09. The van der Waals surface area contributed by atoms with Gasteiger partial charge in [-0.3, -0.25) is 10.1 Å². The van der Waals surface area contributed by atoms with Gasteiger partial charge in [0.1, 0.15) is 5.75 Å². The van der Waals surface area contributed by atoms with E-state index in [0.717, 1.165) is 22.3 Å². The summed E-state index contributed by atoms with van der Waals surface area (Å²) in [6, 6.07) is 14.2. The summed E-state index contributed by atoms with van der Waals surface area (Å²) in [6.07, 6.45) is 0. The van der Waals surface area contributed by atoms with Crippen molar-refractivity contribution in [3.8, 4) is 17.0 Å². The van der Waals surface area contributed by atoms with Crippen LogP contribution < -0.4 is 4.74 Å². The smallest absolute Gasteiger partial charge is 0.278 e. The molecule has 0 atom stereocenters. The van der Waals surface area contributed by atoms with Gasteiger partial charge < -0.3 is 9.72 Å². The van der Waals surface area contributed by atoms with Crippen molar-refractivity contribution in [2.24, 2.45) is 0 Å². The van der Waals surface area contributed by atoms with Crippen LogP contribution in [0.3, 0.4) is 0 Å². The lowest BCUT2D eigenvalue weighted by Crippen LogP contribution is -1.91. The molecule has 1 N–H and O–H groups in total. The minimum atomic E-state index is -0.374. The number of hydrogen-bond acceptors (Lipinski definition) is 3. The molecular weight excluding hydrogens is 256 g/mol. The largest absolute Gasteiger partial charge is 0.497 e. The molecule has 0 saturated carbocycles. The van der Waals surface area contributed by atoms with Crippen molar-refractivity contribution >= 4 is 16.6 Å². The van der Waals surface area contributed by atoms with Crippen LogP contribution >= 0.6 is 0 Å². The fourth-order valence-electron chi connectivity index (χ4n) is 2.24. The average Bonchev–Trinajstić information content (AvgIpc) is 2.89. The van der Waals surface area contributed by atoms with Crippen LogP contribution in [0.4, 0.5) is 5.69 Å². The number of ether oxygens (including phenoxy) is 1. The standard InChI is InChI=1S/C15H12N2O3/c1-20-11-6-7-13-10(8-11)9-14(16-13)12-4-2-3-5-15(12)17(18)19/h2-9,16H,1H3. The number of aromatic nitrogens is 1. The van der Waals surface area contributed by atoms with Gasteiger partial charge in [0.15, 0.2) is 0 Å². The van der Waals surface area contributed by atoms with Crippen LogP contribution in [0.2, 0.25) is 0 Å². The first kappa shape index (κ1) is 12.2. The molecule has 100 valence electrons. The Labute approximate surface area is 115 Å². The molecule has 1 aromatic heterocycles. The van der Waals surface area contributed by atoms with Crippen molar-refractivity contribution < 1.29 is 9.66 Å². The van der Waals surface area contributed by atoms with E-state index in [0.29, 0.717) is 5.56 Å². The Hall–Kier alpha value is -2.82. The highest BCUT2D eigenvalue weighted by Gasteiger charge is 2.15. The van der Waals surface area contributed by atoms with Crippen LogP contribution in [0.5, 0.6) is 5.75 Å². The second kappa shape index (κ2) is 4.70. The zero-order valence-corrected chi connectivity index (χ0v) is 10.8. The fraction of sp³-hybridized carbons (Fsp3) is 0.0667. The lowest BCUT2D eigenvalue weighted by atomic mass is 10.1. The molecule has 5 heteroatoms. The third-order valence-electron chi connectivity index (χ3n) is 3.22. The molecule has 20 heavy (non-hydrogen) atoms. The van der Waals surface area contributed by atoms with E-state index < -0.39 is 0 Å². The summed E-state index contributed by atoms with van der Waals surface area (Å²) in [4.78, 5) is 13.9. The van der Waals surface area contributed by atoms with E-state index in [9.17, 15) is 10.1 Å². The number of nitro groups is 1. The normalized spacial score (nSPS) is 10.7. The third-order valence-corrected chi connectivity index (χ3v) is 3.22. The van der Waals surface area contributed by atoms with E-state index in [1.165, 1.54) is 6.07 Å². The Morgan fingerprint density at radius 1 is 1.15 bits per heavy atom. The summed E-state index contributed by atoms with van der Waals surface area (Å²) >= 11 is 0. The van der Waals surface area contributed by atoms with Crippen molar-refractivity contribution in [2.45, 2.75) is 0 Å². The Morgan fingerprint density at radius 2 is 1.95 bits per heavy atom. The summed E-state index contributed by atoms with van der Waals surface area (Å²) in [5.41, 5.74) is 2.30. The number of hydrogen-bond donors (Lipinski definition) is 1. The average molecular weight is 268 g/mol. The highest BCUT2D eigenvalue weighted by Crippen LogP contribution is 2.32. The van der Waals surface area contributed by atoms with Crippen molar-refractivity contribution in [3.05, 3.63) is 58.6 Å². The molecule has 0 spiro atoms. The number of benzene rings is 2. The van der Waals surface area contributed by atoms with Crippen LogP contribution in [-0.2, 0) is 0 Å². The van der Waals surface area contributed by atoms with Gasteiger partial charge in [-0.2, -0.15) is 0 Å². The van der Waals surface area contributed by atoms with Crippen LogP contribution in [0.15, 0.2) is 48.5 Å². The van der Waals surface area contributed by atoms with Crippen molar-refractivity contribution in [1.82, 2.24) is 4.98 Å². The number of aromatic amines is 1. The molecule has 1 heterocycles. The SMILES string of the molecule is COc1ccc2[nH]c(-c3ccccc3[N+](=O)[O-])cc2c1. The molecule has 0 amide bonds. The molecule has 0 aliphatic heterocycles. The van der Waals surface area contributed by atoms with Crippen LogP contribution in [0.1, 0.15) is 0 Å². The minimum absolute atomic E-state index is 0.0889. The maximum Gasteiger partial charge on any atom is 0.278 e. The molecule has 0 aliphatic rings. The van der Waals surface area contributed by atoms with Crippen molar-refractivity contribution in [2.75, 3.05) is 7.11 Å². The molecule has 3 aromatic rings. The molecule has 2 aromatic carbocycles. The number of nitrogens with zero attached hydrogens (tertiary/aromatic N) is 1. The lowest BCUT2D eigenvalue weighted by Gasteiger charge is -1.99. The Balaban J connectivity index is 2.18. The van der Waals surface area contributed by atoms with Crippen LogP contribution in [-0.4, -0.2) is 17.0 Å². The highest BCUT2D eigenvalue weighted by atomic mass is 16.6. The zero-order valence-electron chi connectivity index (χ0n) is 10.8. The number of fused-ring (bicyclic) bond motifs is 1. The number of nitro benzene ring substituents is 1. The van der Waals surface area contributed by atoms with Crippen molar-refractivity contribution in [3.63, 3.8) is 0 Å². The monoisotopic (exact) mass is 268 g/mol. The molecule has 0 aliphatic carbocycles. The predicted octanol–water partition coefficient (Wildman–Crippen LogP) is 3.75. The quantitative estimate of drug-likeness (QED) is 0.581. The zero-order chi connectivity index (χ0) is 14.1. The van der Waals surface area contributed by atoms with Gasteiger partial charge >= 0.3 is 0 Å². The van der Waals surface area contributed by atoms with E-state index in [1.807, 2.05) is 24.3 Å². The topological polar surface area (TPSA) is 68.2 Å². The molecule has 0 unspecified atom stereocenters. The second-order valence-electron chi connectivity index (χ2n) is 4.41. The van der Waals surface area contributed by atoms with Gasteiger partial charge in [0.25, 0.3) is 5.69 Å². The number of nitrogens with one attached hydrogen (secondary N) is 1. The number of H-pyrrole nitrogens is 1. The lowest BCUT2D eigenvalue weighted by molar-refractivity contribution is -0.384. The summed E-state index contributed by atoms with van der Waals surface area (Å²) in [7, 11) is 1.61. The number of rotatable bonds is 3. The summed E-state index contributed by atoms with van der Waals surface area (Å²) in [5, 5.41) is 12.0. The minimum Gasteiger partial charge on any atom is -0.497 e. The molecule has 0 saturated heterocycles. The van der Waals surface area contributed by atoms with Gasteiger partial charge in [0.2, 0.25) is 0 Å². The maximum absolute atomic E-state index is 11.1.